The predicted molar refractivity (Wildman–Crippen MR) is 64.7 cm³/mol. The van der Waals surface area contributed by atoms with Gasteiger partial charge in [-0.15, -0.1) is 0 Å². The largest absolute Gasteiger partial charge is 0.416 e. The molecule has 2 aromatic rings. The van der Waals surface area contributed by atoms with Crippen molar-refractivity contribution in [1.82, 2.24) is 4.57 Å². The molecule has 1 aromatic heterocycles. The van der Waals surface area contributed by atoms with Gasteiger partial charge in [-0.25, -0.2) is 0 Å². The Hall–Kier alpha value is -1.91. The van der Waals surface area contributed by atoms with E-state index in [1.54, 1.807) is 4.57 Å². The molecular weight excluding hydrogens is 241 g/mol. The maximum absolute atomic E-state index is 12.7. The van der Waals surface area contributed by atoms with Gasteiger partial charge in [-0.1, -0.05) is 0 Å². The van der Waals surface area contributed by atoms with Crippen LogP contribution in [0.2, 0.25) is 0 Å². The Kier molecular flexibility index (Phi) is 2.84. The first kappa shape index (κ1) is 12.5. The molecule has 1 aromatic carbocycles. The van der Waals surface area contributed by atoms with Crippen LogP contribution in [0.5, 0.6) is 0 Å². The Balaban J connectivity index is 2.63. The molecule has 0 aliphatic rings. The van der Waals surface area contributed by atoms with Gasteiger partial charge in [-0.2, -0.15) is 13.2 Å². The lowest BCUT2D eigenvalue weighted by molar-refractivity contribution is -0.137. The summed E-state index contributed by atoms with van der Waals surface area (Å²) in [5.74, 6) is 0. The molecule has 0 aliphatic carbocycles. The Labute approximate surface area is 103 Å². The molecule has 0 saturated heterocycles. The molecule has 2 nitrogen and oxygen atoms in total. The summed E-state index contributed by atoms with van der Waals surface area (Å²) in [5.41, 5.74) is 7.09. The lowest BCUT2D eigenvalue weighted by Crippen LogP contribution is -2.08. The van der Waals surface area contributed by atoms with Gasteiger partial charge in [0.2, 0.25) is 0 Å². The van der Waals surface area contributed by atoms with E-state index in [9.17, 15) is 13.2 Å². The zero-order chi connectivity index (χ0) is 13.5. The van der Waals surface area contributed by atoms with Crippen molar-refractivity contribution in [1.29, 1.82) is 0 Å². The highest BCUT2D eigenvalue weighted by molar-refractivity contribution is 5.53. The van der Waals surface area contributed by atoms with Gasteiger partial charge in [0.1, 0.15) is 0 Å². The van der Waals surface area contributed by atoms with E-state index in [2.05, 4.69) is 0 Å². The summed E-state index contributed by atoms with van der Waals surface area (Å²) in [6, 6.07) is 7.29. The van der Waals surface area contributed by atoms with Crippen LogP contribution in [0.3, 0.4) is 0 Å². The van der Waals surface area contributed by atoms with Gasteiger partial charge >= 0.3 is 6.18 Å². The van der Waals surface area contributed by atoms with Crippen molar-refractivity contribution in [2.45, 2.75) is 20.0 Å². The lowest BCUT2D eigenvalue weighted by Gasteiger charge is -2.14. The Morgan fingerprint density at radius 3 is 2.06 bits per heavy atom. The van der Waals surface area contributed by atoms with Gasteiger partial charge in [-0.05, 0) is 44.2 Å². The molecule has 0 fully saturated rings. The number of alkyl halides is 3. The number of nitrogen functional groups attached to an aromatic ring is 1. The first-order chi connectivity index (χ1) is 8.29. The van der Waals surface area contributed by atoms with Crippen LogP contribution in [0.1, 0.15) is 17.0 Å². The third kappa shape index (κ3) is 2.20. The Morgan fingerprint density at radius 1 is 1.00 bits per heavy atom. The quantitative estimate of drug-likeness (QED) is 0.773. The van der Waals surface area contributed by atoms with E-state index in [-0.39, 0.29) is 5.69 Å². The lowest BCUT2D eigenvalue weighted by atomic mass is 10.1. The summed E-state index contributed by atoms with van der Waals surface area (Å²) in [5, 5.41) is 0. The molecule has 96 valence electrons. The number of anilines is 1. The van der Waals surface area contributed by atoms with Crippen molar-refractivity contribution in [3.8, 4) is 5.69 Å². The third-order valence-corrected chi connectivity index (χ3v) is 2.80. The van der Waals surface area contributed by atoms with E-state index >= 15 is 0 Å². The molecule has 0 radical (unpaired) electrons. The topological polar surface area (TPSA) is 30.9 Å². The van der Waals surface area contributed by atoms with E-state index in [4.69, 9.17) is 5.73 Å². The molecule has 18 heavy (non-hydrogen) atoms. The van der Waals surface area contributed by atoms with E-state index in [1.165, 1.54) is 6.07 Å². The van der Waals surface area contributed by atoms with Gasteiger partial charge in [-0.3, -0.25) is 0 Å². The Bertz CT molecular complexity index is 563. The van der Waals surface area contributed by atoms with Crippen LogP contribution in [0.15, 0.2) is 30.3 Å². The molecule has 5 heteroatoms. The molecule has 2 rings (SSSR count). The molecule has 0 bridgehead atoms. The maximum atomic E-state index is 12.7. The number of hydrogen-bond donors (Lipinski definition) is 1. The monoisotopic (exact) mass is 254 g/mol. The van der Waals surface area contributed by atoms with Crippen molar-refractivity contribution >= 4 is 5.69 Å². The average Bonchev–Trinajstić information content (AvgIpc) is 2.56. The fourth-order valence-electron chi connectivity index (χ4n) is 2.00. The SMILES string of the molecule is Cc1ccc(C)n1-c1cc(N)cc(C(F)(F)F)c1. The van der Waals surface area contributed by atoms with Gasteiger partial charge in [0.05, 0.1) is 5.56 Å². The normalized spacial score (nSPS) is 11.8. The number of aromatic nitrogens is 1. The van der Waals surface area contributed by atoms with Crippen LogP contribution >= 0.6 is 0 Å². The first-order valence-corrected chi connectivity index (χ1v) is 5.42. The highest BCUT2D eigenvalue weighted by Crippen LogP contribution is 2.32. The van der Waals surface area contributed by atoms with Gasteiger partial charge in [0.25, 0.3) is 0 Å². The van der Waals surface area contributed by atoms with Crippen LogP contribution in [0.25, 0.3) is 5.69 Å². The fraction of sp³-hybridized carbons (Fsp3) is 0.231. The van der Waals surface area contributed by atoms with Gasteiger partial charge < -0.3 is 10.3 Å². The van der Waals surface area contributed by atoms with E-state index < -0.39 is 11.7 Å². The molecule has 0 amide bonds. The van der Waals surface area contributed by atoms with Crippen molar-refractivity contribution in [3.63, 3.8) is 0 Å². The fourth-order valence-corrected chi connectivity index (χ4v) is 2.00. The van der Waals surface area contributed by atoms with Crippen molar-refractivity contribution in [2.75, 3.05) is 5.73 Å². The molecule has 0 spiro atoms. The Morgan fingerprint density at radius 2 is 1.56 bits per heavy atom. The molecule has 0 unspecified atom stereocenters. The zero-order valence-corrected chi connectivity index (χ0v) is 10.0. The molecule has 1 heterocycles. The minimum Gasteiger partial charge on any atom is -0.399 e. The predicted octanol–water partition coefficient (Wildman–Crippen LogP) is 3.70. The summed E-state index contributed by atoms with van der Waals surface area (Å²) in [4.78, 5) is 0. The summed E-state index contributed by atoms with van der Waals surface area (Å²) in [6.45, 7) is 3.67. The number of benzene rings is 1. The summed E-state index contributed by atoms with van der Waals surface area (Å²) < 4.78 is 39.9. The summed E-state index contributed by atoms with van der Waals surface area (Å²) in [6.07, 6.45) is -4.39. The molecule has 0 saturated carbocycles. The second-order valence-corrected chi connectivity index (χ2v) is 4.26. The smallest absolute Gasteiger partial charge is 0.399 e. The van der Waals surface area contributed by atoms with Gasteiger partial charge in [0, 0.05) is 22.8 Å². The minimum atomic E-state index is -4.39. The second-order valence-electron chi connectivity index (χ2n) is 4.26. The van der Waals surface area contributed by atoms with E-state index in [1.807, 2.05) is 26.0 Å². The van der Waals surface area contributed by atoms with Crippen LogP contribution in [-0.2, 0) is 6.18 Å². The molecule has 0 atom stereocenters. The van der Waals surface area contributed by atoms with Crippen molar-refractivity contribution in [3.05, 3.63) is 47.3 Å². The van der Waals surface area contributed by atoms with Gasteiger partial charge in [0.15, 0.2) is 0 Å². The zero-order valence-electron chi connectivity index (χ0n) is 10.0. The number of nitrogens with zero attached hydrogens (tertiary/aromatic N) is 1. The first-order valence-electron chi connectivity index (χ1n) is 5.42. The van der Waals surface area contributed by atoms with E-state index in [0.29, 0.717) is 5.69 Å². The number of aryl methyl sites for hydroxylation is 2. The average molecular weight is 254 g/mol. The second kappa shape index (κ2) is 4.08. The number of rotatable bonds is 1. The molecule has 2 N–H and O–H groups in total. The van der Waals surface area contributed by atoms with Crippen molar-refractivity contribution in [2.24, 2.45) is 0 Å². The highest BCUT2D eigenvalue weighted by atomic mass is 19.4. The summed E-state index contributed by atoms with van der Waals surface area (Å²) >= 11 is 0. The third-order valence-electron chi connectivity index (χ3n) is 2.80. The van der Waals surface area contributed by atoms with Crippen LogP contribution in [0, 0.1) is 13.8 Å². The van der Waals surface area contributed by atoms with Crippen LogP contribution in [-0.4, -0.2) is 4.57 Å². The molecular formula is C13H13F3N2. The number of nitrogens with two attached hydrogens (primary N) is 1. The summed E-state index contributed by atoms with van der Waals surface area (Å²) in [7, 11) is 0. The molecule has 0 aliphatic heterocycles. The maximum Gasteiger partial charge on any atom is 0.416 e. The van der Waals surface area contributed by atoms with Crippen LogP contribution in [0.4, 0.5) is 18.9 Å². The van der Waals surface area contributed by atoms with Crippen molar-refractivity contribution < 1.29 is 13.2 Å². The van der Waals surface area contributed by atoms with E-state index in [0.717, 1.165) is 23.5 Å². The van der Waals surface area contributed by atoms with Crippen LogP contribution < -0.4 is 5.73 Å². The number of halogens is 3. The number of hydrogen-bond acceptors (Lipinski definition) is 1. The standard InChI is InChI=1S/C13H13F3N2/c1-8-3-4-9(2)18(8)12-6-10(13(14,15)16)5-11(17)7-12/h3-7H,17H2,1-2H3. The highest BCUT2D eigenvalue weighted by Gasteiger charge is 2.31. The minimum absolute atomic E-state index is 0.104.